The van der Waals surface area contributed by atoms with Crippen molar-refractivity contribution in [2.45, 2.75) is 130 Å². The van der Waals surface area contributed by atoms with Gasteiger partial charge in [-0.15, -0.1) is 0 Å². The average molecular weight is 625 g/mol. The Morgan fingerprint density at radius 1 is 0.659 bits per heavy atom. The number of esters is 1. The second-order valence-corrected chi connectivity index (χ2v) is 11.3. The Kier molecular flexibility index (Phi) is 31.1. The number of unbranched alkanes of at least 4 members (excludes halogenated alkanes) is 8. The van der Waals surface area contributed by atoms with Crippen LogP contribution in [0.4, 0.5) is 4.79 Å². The van der Waals surface area contributed by atoms with Crippen LogP contribution in [0, 0.1) is 12.8 Å². The van der Waals surface area contributed by atoms with E-state index in [2.05, 4.69) is 63.8 Å². The minimum atomic E-state index is -0.722. The first kappa shape index (κ1) is 42.1. The number of carbonyl (C=O) groups is 2. The highest BCUT2D eigenvalue weighted by molar-refractivity contribution is 5.69. The predicted molar refractivity (Wildman–Crippen MR) is 179 cm³/mol. The number of ether oxygens (including phenoxy) is 5. The summed E-state index contributed by atoms with van der Waals surface area (Å²) >= 11 is 0. The van der Waals surface area contributed by atoms with Crippen LogP contribution in [0.5, 0.6) is 0 Å². The van der Waals surface area contributed by atoms with Crippen LogP contribution in [0.1, 0.15) is 124 Å². The minimum absolute atomic E-state index is 0.0249. The molecule has 1 radical (unpaired) electrons. The van der Waals surface area contributed by atoms with Gasteiger partial charge < -0.3 is 28.6 Å². The molecule has 0 N–H and O–H groups in total. The van der Waals surface area contributed by atoms with Crippen molar-refractivity contribution < 1.29 is 33.3 Å². The fraction of sp³-hybridized carbons (Fsp3) is 0.806. The molecule has 0 saturated carbocycles. The van der Waals surface area contributed by atoms with Gasteiger partial charge in [0.05, 0.1) is 32.8 Å². The van der Waals surface area contributed by atoms with Crippen LogP contribution in [-0.4, -0.2) is 76.0 Å². The summed E-state index contributed by atoms with van der Waals surface area (Å²) < 4.78 is 27.6. The Bertz CT molecular complexity index is 681. The SMILES string of the molecule is [CH2]C(COC(=O)CCC(OCCC/C=C\CCCCC)OCCC/C=C\CCCCC)COC(=O)OCCCN(CC)CC. The third-order valence-corrected chi connectivity index (χ3v) is 7.15. The molecule has 0 saturated heterocycles. The number of rotatable bonds is 31. The van der Waals surface area contributed by atoms with E-state index in [1.807, 2.05) is 0 Å². The van der Waals surface area contributed by atoms with E-state index < -0.39 is 12.4 Å². The van der Waals surface area contributed by atoms with E-state index in [0.29, 0.717) is 26.2 Å². The highest BCUT2D eigenvalue weighted by Crippen LogP contribution is 2.11. The molecule has 44 heavy (non-hydrogen) atoms. The van der Waals surface area contributed by atoms with Crippen molar-refractivity contribution in [3.63, 3.8) is 0 Å². The van der Waals surface area contributed by atoms with Gasteiger partial charge in [-0.05, 0) is 77.8 Å². The smallest absolute Gasteiger partial charge is 0.465 e. The summed E-state index contributed by atoms with van der Waals surface area (Å²) in [5.41, 5.74) is 0. The van der Waals surface area contributed by atoms with E-state index in [0.717, 1.165) is 64.6 Å². The van der Waals surface area contributed by atoms with E-state index in [1.165, 1.54) is 38.5 Å². The topological polar surface area (TPSA) is 83.5 Å². The third-order valence-electron chi connectivity index (χ3n) is 7.15. The lowest BCUT2D eigenvalue weighted by Crippen LogP contribution is -2.25. The number of allylic oxidation sites excluding steroid dienone is 4. The summed E-state index contributed by atoms with van der Waals surface area (Å²) in [7, 11) is 0. The molecule has 0 aliphatic carbocycles. The van der Waals surface area contributed by atoms with Gasteiger partial charge in [0.25, 0.3) is 0 Å². The maximum absolute atomic E-state index is 12.4. The quantitative estimate of drug-likeness (QED) is 0.0327. The van der Waals surface area contributed by atoms with Gasteiger partial charge in [0, 0.05) is 18.9 Å². The highest BCUT2D eigenvalue weighted by Gasteiger charge is 2.15. The van der Waals surface area contributed by atoms with Crippen molar-refractivity contribution in [2.24, 2.45) is 5.92 Å². The second-order valence-electron chi connectivity index (χ2n) is 11.3. The standard InChI is InChI=1S/C36H66NO7/c1-6-10-12-14-16-18-20-22-28-40-35(41-29-23-21-19-17-15-13-11-7-2)26-25-34(38)43-31-33(5)32-44-36(39)42-30-24-27-37(8-3)9-4/h16-19,33,35H,5-15,20-32H2,1-4H3/b18-16-,19-17-. The molecule has 0 bridgehead atoms. The second kappa shape index (κ2) is 32.5. The van der Waals surface area contributed by atoms with Gasteiger partial charge in [0.2, 0.25) is 0 Å². The normalized spacial score (nSPS) is 12.5. The van der Waals surface area contributed by atoms with Crippen LogP contribution in [0.3, 0.4) is 0 Å². The van der Waals surface area contributed by atoms with Gasteiger partial charge >= 0.3 is 12.1 Å². The molecular formula is C36H66NO7. The van der Waals surface area contributed by atoms with Crippen LogP contribution >= 0.6 is 0 Å². The van der Waals surface area contributed by atoms with E-state index in [9.17, 15) is 9.59 Å². The third kappa shape index (κ3) is 28.8. The maximum Gasteiger partial charge on any atom is 0.508 e. The molecule has 0 aromatic rings. The number of hydrogen-bond donors (Lipinski definition) is 0. The summed E-state index contributed by atoms with van der Waals surface area (Å²) in [5.74, 6) is -0.726. The van der Waals surface area contributed by atoms with Crippen molar-refractivity contribution in [1.29, 1.82) is 0 Å². The zero-order valence-corrected chi connectivity index (χ0v) is 28.7. The Labute approximate surface area is 270 Å². The minimum Gasteiger partial charge on any atom is -0.465 e. The van der Waals surface area contributed by atoms with Crippen molar-refractivity contribution in [1.82, 2.24) is 4.90 Å². The maximum atomic E-state index is 12.4. The van der Waals surface area contributed by atoms with E-state index in [4.69, 9.17) is 23.7 Å². The molecule has 8 heteroatoms. The monoisotopic (exact) mass is 624 g/mol. The fourth-order valence-electron chi connectivity index (χ4n) is 4.32. The molecule has 257 valence electrons. The van der Waals surface area contributed by atoms with Gasteiger partial charge in [0.1, 0.15) is 6.61 Å². The number of nitrogens with zero attached hydrogens (tertiary/aromatic N) is 1. The zero-order chi connectivity index (χ0) is 32.5. The highest BCUT2D eigenvalue weighted by atomic mass is 16.7. The predicted octanol–water partition coefficient (Wildman–Crippen LogP) is 8.84. The summed E-state index contributed by atoms with van der Waals surface area (Å²) in [6, 6.07) is 0. The Balaban J connectivity index is 4.32. The van der Waals surface area contributed by atoms with Gasteiger partial charge in [-0.25, -0.2) is 4.79 Å². The molecule has 0 heterocycles. The van der Waals surface area contributed by atoms with Crippen LogP contribution in [0.2, 0.25) is 0 Å². The van der Waals surface area contributed by atoms with E-state index in [-0.39, 0.29) is 31.5 Å². The van der Waals surface area contributed by atoms with Gasteiger partial charge in [-0.2, -0.15) is 0 Å². The van der Waals surface area contributed by atoms with Crippen molar-refractivity contribution in [3.8, 4) is 0 Å². The average Bonchev–Trinajstić information content (AvgIpc) is 3.03. The molecule has 1 atom stereocenters. The first-order chi connectivity index (χ1) is 21.5. The Morgan fingerprint density at radius 2 is 1.18 bits per heavy atom. The summed E-state index contributed by atoms with van der Waals surface area (Å²) in [5, 5.41) is 0. The molecule has 0 amide bonds. The summed E-state index contributed by atoms with van der Waals surface area (Å²) in [6.07, 6.45) is 22.7. The summed E-state index contributed by atoms with van der Waals surface area (Å²) in [4.78, 5) is 26.5. The van der Waals surface area contributed by atoms with Crippen LogP contribution in [-0.2, 0) is 28.5 Å². The molecule has 1 unspecified atom stereocenters. The van der Waals surface area contributed by atoms with E-state index in [1.54, 1.807) is 0 Å². The summed E-state index contributed by atoms with van der Waals surface area (Å²) in [6.45, 7) is 16.9. The van der Waals surface area contributed by atoms with E-state index >= 15 is 0 Å². The molecule has 0 aromatic carbocycles. The van der Waals surface area contributed by atoms with Crippen LogP contribution in [0.15, 0.2) is 24.3 Å². The Hall–Kier alpha value is -1.90. The Morgan fingerprint density at radius 3 is 1.70 bits per heavy atom. The molecule has 0 aliphatic heterocycles. The number of carbonyl (C=O) groups excluding carboxylic acids is 2. The molecule has 0 rings (SSSR count). The molecule has 8 nitrogen and oxygen atoms in total. The largest absolute Gasteiger partial charge is 0.508 e. The molecule has 0 aliphatic rings. The van der Waals surface area contributed by atoms with Gasteiger partial charge in [-0.1, -0.05) is 77.7 Å². The van der Waals surface area contributed by atoms with Gasteiger partial charge in [-0.3, -0.25) is 4.79 Å². The first-order valence-electron chi connectivity index (χ1n) is 17.5. The van der Waals surface area contributed by atoms with Crippen molar-refractivity contribution in [3.05, 3.63) is 31.2 Å². The molecule has 0 spiro atoms. The fourth-order valence-corrected chi connectivity index (χ4v) is 4.32. The van der Waals surface area contributed by atoms with Crippen molar-refractivity contribution >= 4 is 12.1 Å². The number of hydrogen-bond acceptors (Lipinski definition) is 8. The molecule has 0 aromatic heterocycles. The lowest BCUT2D eigenvalue weighted by molar-refractivity contribution is -0.159. The lowest BCUT2D eigenvalue weighted by atomic mass is 10.2. The van der Waals surface area contributed by atoms with Crippen LogP contribution in [0.25, 0.3) is 0 Å². The van der Waals surface area contributed by atoms with Gasteiger partial charge in [0.15, 0.2) is 6.29 Å². The molecule has 0 fully saturated rings. The lowest BCUT2D eigenvalue weighted by Gasteiger charge is -2.19. The first-order valence-corrected chi connectivity index (χ1v) is 17.5. The van der Waals surface area contributed by atoms with Crippen LogP contribution < -0.4 is 0 Å². The zero-order valence-electron chi connectivity index (χ0n) is 28.7. The van der Waals surface area contributed by atoms with Crippen molar-refractivity contribution in [2.75, 3.05) is 52.7 Å². The molecular weight excluding hydrogens is 558 g/mol.